The van der Waals surface area contributed by atoms with E-state index in [1.54, 1.807) is 0 Å². The summed E-state index contributed by atoms with van der Waals surface area (Å²) in [5.41, 5.74) is 2.62. The monoisotopic (exact) mass is 342 g/mol. The molecular formula is C20H23FN2O2. The molecule has 2 aliphatic rings. The van der Waals surface area contributed by atoms with Gasteiger partial charge in [0.25, 0.3) is 5.91 Å². The third kappa shape index (κ3) is 3.32. The van der Waals surface area contributed by atoms with Crippen LogP contribution < -0.4 is 0 Å². The van der Waals surface area contributed by atoms with Gasteiger partial charge in [-0.15, -0.1) is 0 Å². The summed E-state index contributed by atoms with van der Waals surface area (Å²) in [7, 11) is 0. The van der Waals surface area contributed by atoms with E-state index in [4.69, 9.17) is 4.52 Å². The number of benzene rings is 1. The van der Waals surface area contributed by atoms with Crippen LogP contribution in [0.5, 0.6) is 0 Å². The molecule has 4 nitrogen and oxygen atoms in total. The molecule has 25 heavy (non-hydrogen) atoms. The number of hydrogen-bond donors (Lipinski definition) is 0. The van der Waals surface area contributed by atoms with E-state index in [1.807, 2.05) is 17.0 Å². The van der Waals surface area contributed by atoms with Gasteiger partial charge in [-0.25, -0.2) is 4.39 Å². The highest BCUT2D eigenvalue weighted by Crippen LogP contribution is 2.29. The molecule has 1 amide bonds. The van der Waals surface area contributed by atoms with Gasteiger partial charge in [-0.1, -0.05) is 23.7 Å². The molecule has 0 radical (unpaired) electrons. The Bertz CT molecular complexity index is 754. The van der Waals surface area contributed by atoms with E-state index in [2.05, 4.69) is 5.16 Å². The Labute approximate surface area is 147 Å². The second-order valence-electron chi connectivity index (χ2n) is 7.14. The molecule has 0 saturated carbocycles. The molecule has 1 aromatic carbocycles. The molecule has 2 heterocycles. The Balaban J connectivity index is 1.55. The third-order valence-corrected chi connectivity index (χ3v) is 5.45. The Hall–Kier alpha value is -2.17. The van der Waals surface area contributed by atoms with Crippen molar-refractivity contribution in [2.75, 3.05) is 13.1 Å². The number of likely N-dealkylation sites (tertiary alicyclic amines) is 1. The minimum absolute atomic E-state index is 0.0130. The largest absolute Gasteiger partial charge is 0.360 e. The lowest BCUT2D eigenvalue weighted by Gasteiger charge is -2.24. The lowest BCUT2D eigenvalue weighted by atomic mass is 9.94. The minimum Gasteiger partial charge on any atom is -0.360 e. The molecule has 0 spiro atoms. The van der Waals surface area contributed by atoms with Crippen molar-refractivity contribution in [1.29, 1.82) is 0 Å². The van der Waals surface area contributed by atoms with Gasteiger partial charge >= 0.3 is 0 Å². The number of hydrogen-bond acceptors (Lipinski definition) is 3. The van der Waals surface area contributed by atoms with Crippen LogP contribution in [0.25, 0.3) is 0 Å². The van der Waals surface area contributed by atoms with Gasteiger partial charge in [0, 0.05) is 31.0 Å². The first kappa shape index (κ1) is 16.3. The maximum Gasteiger partial charge on any atom is 0.276 e. The maximum absolute atomic E-state index is 13.2. The molecular weight excluding hydrogens is 319 g/mol. The molecule has 2 aromatic rings. The summed E-state index contributed by atoms with van der Waals surface area (Å²) >= 11 is 0. The van der Waals surface area contributed by atoms with Crippen LogP contribution in [-0.2, 0) is 12.8 Å². The molecule has 1 saturated heterocycles. The molecule has 1 aliphatic carbocycles. The van der Waals surface area contributed by atoms with Crippen LogP contribution in [-0.4, -0.2) is 29.1 Å². The van der Waals surface area contributed by atoms with E-state index in [0.29, 0.717) is 12.2 Å². The van der Waals surface area contributed by atoms with E-state index >= 15 is 0 Å². The third-order valence-electron chi connectivity index (χ3n) is 5.45. The van der Waals surface area contributed by atoms with Gasteiger partial charge in [-0.05, 0) is 49.8 Å². The fraction of sp³-hybridized carbons (Fsp3) is 0.500. The van der Waals surface area contributed by atoms with Crippen LogP contribution in [0.2, 0.25) is 0 Å². The molecule has 1 fully saturated rings. The molecule has 0 bridgehead atoms. The van der Waals surface area contributed by atoms with Gasteiger partial charge in [0.15, 0.2) is 5.69 Å². The number of amides is 1. The van der Waals surface area contributed by atoms with Crippen molar-refractivity contribution in [3.05, 3.63) is 52.7 Å². The topological polar surface area (TPSA) is 46.3 Å². The number of carbonyl (C=O) groups excluding carboxylic acids is 1. The summed E-state index contributed by atoms with van der Waals surface area (Å²) in [6, 6.07) is 6.68. The van der Waals surface area contributed by atoms with Crippen LogP contribution in [0.1, 0.15) is 65.4 Å². The molecule has 0 unspecified atom stereocenters. The average molecular weight is 342 g/mol. The Morgan fingerprint density at radius 2 is 1.92 bits per heavy atom. The molecule has 1 aromatic heterocycles. The van der Waals surface area contributed by atoms with Crippen LogP contribution in [0.4, 0.5) is 4.39 Å². The fourth-order valence-electron chi connectivity index (χ4n) is 4.04. The quantitative estimate of drug-likeness (QED) is 0.825. The van der Waals surface area contributed by atoms with E-state index in [1.165, 1.54) is 12.1 Å². The normalized spacial score (nSPS) is 20.8. The van der Waals surface area contributed by atoms with Crippen LogP contribution in [0.3, 0.4) is 0 Å². The van der Waals surface area contributed by atoms with Crippen LogP contribution in [0.15, 0.2) is 28.8 Å². The van der Waals surface area contributed by atoms with E-state index < -0.39 is 0 Å². The predicted octanol–water partition coefficient (Wildman–Crippen LogP) is 4.10. The van der Waals surface area contributed by atoms with Gasteiger partial charge < -0.3 is 9.42 Å². The summed E-state index contributed by atoms with van der Waals surface area (Å²) in [6.07, 6.45) is 7.04. The molecule has 4 rings (SSSR count). The first-order chi connectivity index (χ1) is 12.2. The summed E-state index contributed by atoms with van der Waals surface area (Å²) in [5.74, 6) is 0.898. The second-order valence-corrected chi connectivity index (χ2v) is 7.14. The number of carbonyl (C=O) groups is 1. The van der Waals surface area contributed by atoms with Crippen molar-refractivity contribution in [1.82, 2.24) is 10.1 Å². The van der Waals surface area contributed by atoms with Gasteiger partial charge in [0.2, 0.25) is 0 Å². The average Bonchev–Trinajstić information content (AvgIpc) is 2.91. The van der Waals surface area contributed by atoms with Crippen LogP contribution in [0, 0.1) is 5.82 Å². The molecule has 1 atom stereocenters. The second kappa shape index (κ2) is 6.98. The lowest BCUT2D eigenvalue weighted by molar-refractivity contribution is 0.0743. The van der Waals surface area contributed by atoms with E-state index in [0.717, 1.165) is 68.4 Å². The Kier molecular flexibility index (Phi) is 4.55. The van der Waals surface area contributed by atoms with Crippen molar-refractivity contribution >= 4 is 5.91 Å². The molecule has 1 aliphatic heterocycles. The maximum atomic E-state index is 13.2. The van der Waals surface area contributed by atoms with Crippen molar-refractivity contribution in [3.8, 4) is 0 Å². The van der Waals surface area contributed by atoms with Crippen molar-refractivity contribution in [2.24, 2.45) is 0 Å². The highest BCUT2D eigenvalue weighted by Gasteiger charge is 2.30. The van der Waals surface area contributed by atoms with Crippen molar-refractivity contribution < 1.29 is 13.7 Å². The first-order valence-corrected chi connectivity index (χ1v) is 9.24. The molecule has 0 N–H and O–H groups in total. The number of aryl methyl sites for hydroxylation is 1. The SMILES string of the molecule is O=C(c1noc2c1CCCC2)N1CCCC[C@H](c2ccc(F)cc2)C1. The smallest absolute Gasteiger partial charge is 0.276 e. The number of rotatable bonds is 2. The van der Waals surface area contributed by atoms with Gasteiger partial charge in [-0.3, -0.25) is 4.79 Å². The van der Waals surface area contributed by atoms with Gasteiger partial charge in [-0.2, -0.15) is 0 Å². The Morgan fingerprint density at radius 3 is 2.76 bits per heavy atom. The standard InChI is InChI=1S/C20H23FN2O2/c21-16-10-8-14(9-11-16)15-5-3-4-12-23(13-15)20(24)19-17-6-1-2-7-18(17)25-22-19/h8-11,15H,1-7,12-13H2/t15-/m0/s1. The number of nitrogens with zero attached hydrogens (tertiary/aromatic N) is 2. The fourth-order valence-corrected chi connectivity index (χ4v) is 4.04. The summed E-state index contributed by atoms with van der Waals surface area (Å²) in [4.78, 5) is 15.0. The number of halogens is 1. The van der Waals surface area contributed by atoms with Crippen LogP contribution >= 0.6 is 0 Å². The highest BCUT2D eigenvalue weighted by molar-refractivity contribution is 5.94. The number of fused-ring (bicyclic) bond motifs is 1. The van der Waals surface area contributed by atoms with Crippen molar-refractivity contribution in [2.45, 2.75) is 50.9 Å². The predicted molar refractivity (Wildman–Crippen MR) is 92.0 cm³/mol. The zero-order valence-corrected chi connectivity index (χ0v) is 14.3. The number of aromatic nitrogens is 1. The van der Waals surface area contributed by atoms with Crippen molar-refractivity contribution in [3.63, 3.8) is 0 Å². The van der Waals surface area contributed by atoms with Gasteiger partial charge in [0.05, 0.1) is 0 Å². The summed E-state index contributed by atoms with van der Waals surface area (Å²) in [5, 5.41) is 4.10. The molecule has 5 heteroatoms. The van der Waals surface area contributed by atoms with Gasteiger partial charge in [0.1, 0.15) is 11.6 Å². The lowest BCUT2D eigenvalue weighted by Crippen LogP contribution is -2.35. The van der Waals surface area contributed by atoms with E-state index in [-0.39, 0.29) is 17.6 Å². The molecule has 132 valence electrons. The Morgan fingerprint density at radius 1 is 1.12 bits per heavy atom. The highest BCUT2D eigenvalue weighted by atomic mass is 19.1. The zero-order valence-electron chi connectivity index (χ0n) is 14.3. The first-order valence-electron chi connectivity index (χ1n) is 9.24. The summed E-state index contributed by atoms with van der Waals surface area (Å²) < 4.78 is 18.6. The summed E-state index contributed by atoms with van der Waals surface area (Å²) in [6.45, 7) is 1.41. The zero-order chi connectivity index (χ0) is 17.2. The minimum atomic E-state index is -0.223. The van der Waals surface area contributed by atoms with E-state index in [9.17, 15) is 9.18 Å².